The van der Waals surface area contributed by atoms with E-state index in [1.165, 1.54) is 32.1 Å². The summed E-state index contributed by atoms with van der Waals surface area (Å²) in [5.74, 6) is 3.72. The van der Waals surface area contributed by atoms with Crippen LogP contribution in [0.1, 0.15) is 32.1 Å². The van der Waals surface area contributed by atoms with E-state index < -0.39 is 0 Å². The third-order valence-corrected chi connectivity index (χ3v) is 6.08. The highest BCUT2D eigenvalue weighted by Crippen LogP contribution is 2.56. The highest BCUT2D eigenvalue weighted by molar-refractivity contribution is 5.94. The van der Waals surface area contributed by atoms with Crippen molar-refractivity contribution >= 4 is 11.6 Å². The van der Waals surface area contributed by atoms with E-state index in [2.05, 4.69) is 10.3 Å². The van der Waals surface area contributed by atoms with Crippen LogP contribution in [0.5, 0.6) is 5.88 Å². The van der Waals surface area contributed by atoms with Crippen LogP contribution in [-0.4, -0.2) is 31.2 Å². The Morgan fingerprint density at radius 1 is 1.17 bits per heavy atom. The summed E-state index contributed by atoms with van der Waals surface area (Å²) in [6.07, 6.45) is 8.07. The average Bonchev–Trinajstić information content (AvgIpc) is 2.55. The van der Waals surface area contributed by atoms with E-state index in [1.807, 2.05) is 12.1 Å². The second-order valence-electron chi connectivity index (χ2n) is 7.64. The molecule has 0 aliphatic heterocycles. The molecule has 0 atom stereocenters. The number of carbonyl (C=O) groups is 1. The first-order chi connectivity index (χ1) is 11.7. The highest BCUT2D eigenvalue weighted by atomic mass is 16.5. The molecule has 0 aromatic carbocycles. The summed E-state index contributed by atoms with van der Waals surface area (Å²) in [5, 5.41) is 3.10. The van der Waals surface area contributed by atoms with Gasteiger partial charge in [-0.1, -0.05) is 0 Å². The van der Waals surface area contributed by atoms with Gasteiger partial charge in [-0.25, -0.2) is 4.98 Å². The molecule has 1 aromatic heterocycles. The fourth-order valence-electron chi connectivity index (χ4n) is 5.39. The average molecular weight is 330 g/mol. The van der Waals surface area contributed by atoms with Gasteiger partial charge in [-0.15, -0.1) is 0 Å². The summed E-state index contributed by atoms with van der Waals surface area (Å²) in [6, 6.07) is 3.69. The van der Waals surface area contributed by atoms with Gasteiger partial charge in [0.25, 0.3) is 0 Å². The quantitative estimate of drug-likeness (QED) is 0.814. The maximum atomic E-state index is 13.0. The van der Waals surface area contributed by atoms with Crippen LogP contribution in [0.2, 0.25) is 0 Å². The molecule has 5 nitrogen and oxygen atoms in total. The van der Waals surface area contributed by atoms with Gasteiger partial charge in [-0.3, -0.25) is 4.79 Å². The van der Waals surface area contributed by atoms with Crippen molar-refractivity contribution in [1.29, 1.82) is 0 Å². The molecule has 1 aromatic rings. The molecule has 0 unspecified atom stereocenters. The molecule has 4 aliphatic carbocycles. The zero-order valence-electron chi connectivity index (χ0n) is 14.2. The van der Waals surface area contributed by atoms with Crippen molar-refractivity contribution in [2.75, 3.05) is 25.6 Å². The minimum absolute atomic E-state index is 0.161. The molecule has 4 bridgehead atoms. The molecule has 4 saturated carbocycles. The van der Waals surface area contributed by atoms with Crippen molar-refractivity contribution in [2.45, 2.75) is 32.1 Å². The molecule has 4 fully saturated rings. The first kappa shape index (κ1) is 15.9. The predicted octanol–water partition coefficient (Wildman–Crippen LogP) is 3.12. The first-order valence-corrected chi connectivity index (χ1v) is 9.12. The molecule has 1 amide bonds. The van der Waals surface area contributed by atoms with Gasteiger partial charge in [0, 0.05) is 19.2 Å². The number of hydrogen-bond donors (Lipinski definition) is 1. The van der Waals surface area contributed by atoms with E-state index in [-0.39, 0.29) is 11.8 Å². The van der Waals surface area contributed by atoms with Gasteiger partial charge in [0.1, 0.15) is 12.3 Å². The van der Waals surface area contributed by atoms with Gasteiger partial charge >= 0.3 is 0 Å². The Morgan fingerprint density at radius 2 is 1.88 bits per heavy atom. The molecular formula is C19H26N2O3. The molecule has 0 spiro atoms. The molecule has 0 saturated heterocycles. The van der Waals surface area contributed by atoms with Crippen LogP contribution in [0.4, 0.5) is 5.69 Å². The Kier molecular flexibility index (Phi) is 4.44. The summed E-state index contributed by atoms with van der Waals surface area (Å²) in [4.78, 5) is 17.2. The van der Waals surface area contributed by atoms with E-state index in [0.717, 1.165) is 11.8 Å². The lowest BCUT2D eigenvalue weighted by Gasteiger charge is -2.53. The van der Waals surface area contributed by atoms with Crippen LogP contribution in [0.15, 0.2) is 18.3 Å². The monoisotopic (exact) mass is 330 g/mol. The number of rotatable bonds is 6. The van der Waals surface area contributed by atoms with Gasteiger partial charge in [0.2, 0.25) is 11.8 Å². The molecule has 130 valence electrons. The van der Waals surface area contributed by atoms with Crippen LogP contribution in [0.25, 0.3) is 0 Å². The van der Waals surface area contributed by atoms with Crippen molar-refractivity contribution in [3.05, 3.63) is 18.3 Å². The third kappa shape index (κ3) is 3.02. The van der Waals surface area contributed by atoms with Crippen molar-refractivity contribution in [3.8, 4) is 5.88 Å². The van der Waals surface area contributed by atoms with E-state index in [1.54, 1.807) is 13.3 Å². The molecule has 0 radical (unpaired) electrons. The fraction of sp³-hybridized carbons (Fsp3) is 0.684. The number of methoxy groups -OCH3 is 1. The molecule has 24 heavy (non-hydrogen) atoms. The maximum absolute atomic E-state index is 13.0. The number of nitrogens with zero attached hydrogens (tertiary/aromatic N) is 1. The summed E-state index contributed by atoms with van der Waals surface area (Å²) < 4.78 is 10.6. The van der Waals surface area contributed by atoms with E-state index in [9.17, 15) is 4.79 Å². The lowest BCUT2D eigenvalue weighted by Crippen LogP contribution is -2.49. The number of amides is 1. The van der Waals surface area contributed by atoms with Crippen LogP contribution < -0.4 is 10.1 Å². The predicted molar refractivity (Wildman–Crippen MR) is 90.8 cm³/mol. The van der Waals surface area contributed by atoms with Gasteiger partial charge < -0.3 is 14.8 Å². The number of pyridine rings is 1. The van der Waals surface area contributed by atoms with Gasteiger partial charge in [0.05, 0.1) is 6.61 Å². The number of hydrogen-bond acceptors (Lipinski definition) is 4. The fourth-order valence-corrected chi connectivity index (χ4v) is 5.39. The first-order valence-electron chi connectivity index (χ1n) is 9.12. The standard InChI is InChI=1S/C19H26N2O3/c1-23-5-6-24-19-16(3-2-4-20-19)21-18(22)17-14-8-12-7-13(10-14)11-15(17)9-12/h2-4,12-15,17H,5-11H2,1H3,(H,21,22). The Morgan fingerprint density at radius 3 is 2.54 bits per heavy atom. The van der Waals surface area contributed by atoms with Crippen molar-refractivity contribution in [2.24, 2.45) is 29.6 Å². The normalized spacial score (nSPS) is 33.5. The Hall–Kier alpha value is -1.62. The number of nitrogens with one attached hydrogen (secondary N) is 1. The smallest absolute Gasteiger partial charge is 0.237 e. The highest BCUT2D eigenvalue weighted by Gasteiger charge is 2.50. The van der Waals surface area contributed by atoms with E-state index >= 15 is 0 Å². The number of carbonyl (C=O) groups excluding carboxylic acids is 1. The third-order valence-electron chi connectivity index (χ3n) is 6.08. The van der Waals surface area contributed by atoms with E-state index in [0.29, 0.717) is 36.6 Å². The summed E-state index contributed by atoms with van der Waals surface area (Å²) in [6.45, 7) is 0.925. The second kappa shape index (κ2) is 6.71. The molecule has 5 heteroatoms. The summed E-state index contributed by atoms with van der Waals surface area (Å²) in [7, 11) is 1.64. The Labute approximate surface area is 143 Å². The Balaban J connectivity index is 1.45. The van der Waals surface area contributed by atoms with Crippen LogP contribution in [-0.2, 0) is 9.53 Å². The zero-order chi connectivity index (χ0) is 16.5. The van der Waals surface area contributed by atoms with Gasteiger partial charge in [0.15, 0.2) is 0 Å². The largest absolute Gasteiger partial charge is 0.474 e. The minimum Gasteiger partial charge on any atom is -0.474 e. The number of ether oxygens (including phenoxy) is 2. The summed E-state index contributed by atoms with van der Waals surface area (Å²) in [5.41, 5.74) is 0.674. The molecular weight excluding hydrogens is 304 g/mol. The molecule has 1 N–H and O–H groups in total. The number of aromatic nitrogens is 1. The van der Waals surface area contributed by atoms with Crippen LogP contribution >= 0.6 is 0 Å². The van der Waals surface area contributed by atoms with Crippen molar-refractivity contribution in [1.82, 2.24) is 4.98 Å². The number of anilines is 1. The molecule has 5 rings (SSSR count). The topological polar surface area (TPSA) is 60.5 Å². The van der Waals surface area contributed by atoms with Gasteiger partial charge in [-0.05, 0) is 67.9 Å². The zero-order valence-corrected chi connectivity index (χ0v) is 14.2. The SMILES string of the molecule is COCCOc1ncccc1NC(=O)C1C2CC3CC(C2)CC1C3. The lowest BCUT2D eigenvalue weighted by atomic mass is 9.51. The second-order valence-corrected chi connectivity index (χ2v) is 7.64. The molecule has 1 heterocycles. The van der Waals surface area contributed by atoms with Gasteiger partial charge in [-0.2, -0.15) is 0 Å². The minimum atomic E-state index is 0.161. The van der Waals surface area contributed by atoms with Crippen LogP contribution in [0, 0.1) is 29.6 Å². The van der Waals surface area contributed by atoms with E-state index in [4.69, 9.17) is 9.47 Å². The lowest BCUT2D eigenvalue weighted by molar-refractivity contribution is -0.132. The Bertz CT molecular complexity index is 576. The van der Waals surface area contributed by atoms with Crippen LogP contribution in [0.3, 0.4) is 0 Å². The summed E-state index contributed by atoms with van der Waals surface area (Å²) >= 11 is 0. The maximum Gasteiger partial charge on any atom is 0.237 e. The van der Waals surface area contributed by atoms with Crippen molar-refractivity contribution in [3.63, 3.8) is 0 Å². The molecule has 4 aliphatic rings. The van der Waals surface area contributed by atoms with Crippen molar-refractivity contribution < 1.29 is 14.3 Å².